The lowest BCUT2D eigenvalue weighted by atomic mass is 10.3. The second-order valence-corrected chi connectivity index (χ2v) is 2.81. The topological polar surface area (TPSA) is 85.1 Å². The number of nitrogens with zero attached hydrogens (tertiary/aromatic N) is 2. The van der Waals surface area contributed by atoms with Gasteiger partial charge in [0.25, 0.3) is 0 Å². The van der Waals surface area contributed by atoms with Gasteiger partial charge in [0, 0.05) is 13.0 Å². The molecule has 0 bridgehead atoms. The summed E-state index contributed by atoms with van der Waals surface area (Å²) in [5.74, 6) is 0.0328. The van der Waals surface area contributed by atoms with Crippen molar-refractivity contribution in [2.75, 3.05) is 6.54 Å². The van der Waals surface area contributed by atoms with E-state index in [1.807, 2.05) is 0 Å². The Morgan fingerprint density at radius 1 is 1.57 bits per heavy atom. The molecule has 0 atom stereocenters. The molecular weight excluding hydrogens is 186 g/mol. The summed E-state index contributed by atoms with van der Waals surface area (Å²) in [7, 11) is 0. The van der Waals surface area contributed by atoms with Crippen LogP contribution in [-0.2, 0) is 16.0 Å². The second kappa shape index (κ2) is 5.11. The van der Waals surface area contributed by atoms with Crippen LogP contribution in [-0.4, -0.2) is 28.4 Å². The molecule has 1 aromatic rings. The summed E-state index contributed by atoms with van der Waals surface area (Å²) in [4.78, 5) is 25.3. The molecule has 0 spiro atoms. The van der Waals surface area contributed by atoms with Crippen molar-refractivity contribution < 1.29 is 14.1 Å². The second-order valence-electron chi connectivity index (χ2n) is 2.81. The first-order chi connectivity index (χ1) is 6.68. The Hall–Kier alpha value is -1.72. The van der Waals surface area contributed by atoms with Crippen molar-refractivity contribution in [2.24, 2.45) is 0 Å². The van der Waals surface area contributed by atoms with Crippen molar-refractivity contribution in [1.29, 1.82) is 0 Å². The summed E-state index contributed by atoms with van der Waals surface area (Å²) >= 11 is 0. The fourth-order valence-electron chi connectivity index (χ4n) is 0.904. The fourth-order valence-corrected chi connectivity index (χ4v) is 0.904. The van der Waals surface area contributed by atoms with Crippen LogP contribution in [0.15, 0.2) is 10.9 Å². The van der Waals surface area contributed by atoms with Crippen LogP contribution >= 0.6 is 0 Å². The van der Waals surface area contributed by atoms with Crippen LogP contribution < -0.4 is 5.32 Å². The fraction of sp³-hybridized carbons (Fsp3) is 0.500. The van der Waals surface area contributed by atoms with Crippen molar-refractivity contribution in [3.05, 3.63) is 12.2 Å². The normalized spacial score (nSPS) is 9.79. The first-order valence-electron chi connectivity index (χ1n) is 4.20. The Kier molecular flexibility index (Phi) is 3.78. The summed E-state index contributed by atoms with van der Waals surface area (Å²) in [5.41, 5.74) is 0. The van der Waals surface area contributed by atoms with Gasteiger partial charge in [-0.3, -0.25) is 9.59 Å². The minimum Gasteiger partial charge on any atom is -0.355 e. The van der Waals surface area contributed by atoms with Crippen LogP contribution in [0.25, 0.3) is 0 Å². The predicted octanol–water partition coefficient (Wildman–Crippen LogP) is -0.293. The summed E-state index contributed by atoms with van der Waals surface area (Å²) < 4.78 is 4.72. The van der Waals surface area contributed by atoms with Gasteiger partial charge in [-0.1, -0.05) is 5.16 Å². The van der Waals surface area contributed by atoms with E-state index in [1.165, 1.54) is 13.3 Å². The average molecular weight is 197 g/mol. The summed E-state index contributed by atoms with van der Waals surface area (Å²) in [6.45, 7) is 1.77. The first kappa shape index (κ1) is 10.4. The highest BCUT2D eigenvalue weighted by Crippen LogP contribution is 1.90. The van der Waals surface area contributed by atoms with Crippen LogP contribution in [0.2, 0.25) is 0 Å². The number of carbonyl (C=O) groups excluding carboxylic acids is 2. The smallest absolute Gasteiger partial charge is 0.228 e. The molecule has 0 fully saturated rings. The maximum Gasteiger partial charge on any atom is 0.228 e. The third-order valence-corrected chi connectivity index (χ3v) is 1.48. The van der Waals surface area contributed by atoms with E-state index >= 15 is 0 Å². The molecule has 1 amide bonds. The number of ketones is 1. The summed E-state index contributed by atoms with van der Waals surface area (Å²) in [6.07, 6.45) is 1.69. The summed E-state index contributed by atoms with van der Waals surface area (Å²) in [6, 6.07) is 0. The third-order valence-electron chi connectivity index (χ3n) is 1.48. The first-order valence-corrected chi connectivity index (χ1v) is 4.20. The molecule has 0 saturated carbocycles. The molecule has 76 valence electrons. The van der Waals surface area contributed by atoms with Crippen LogP contribution in [0.3, 0.4) is 0 Å². The van der Waals surface area contributed by atoms with Crippen LogP contribution in [0.4, 0.5) is 0 Å². The minimum absolute atomic E-state index is 0.0795. The zero-order valence-corrected chi connectivity index (χ0v) is 7.82. The maximum absolute atomic E-state index is 11.0. The predicted molar refractivity (Wildman–Crippen MR) is 46.3 cm³/mol. The zero-order valence-electron chi connectivity index (χ0n) is 7.82. The monoisotopic (exact) mass is 197 g/mol. The molecule has 14 heavy (non-hydrogen) atoms. The minimum atomic E-state index is -0.281. The Labute approximate surface area is 80.7 Å². The quantitative estimate of drug-likeness (QED) is 0.655. The number of nitrogens with one attached hydrogen (secondary N) is 1. The van der Waals surface area contributed by atoms with Gasteiger partial charge in [-0.25, -0.2) is 0 Å². The molecule has 6 nitrogen and oxygen atoms in total. The highest BCUT2D eigenvalue weighted by atomic mass is 16.5. The molecule has 0 aliphatic heterocycles. The van der Waals surface area contributed by atoms with E-state index in [9.17, 15) is 9.59 Å². The molecule has 1 heterocycles. The lowest BCUT2D eigenvalue weighted by Crippen LogP contribution is -2.27. The Balaban J connectivity index is 2.15. The maximum atomic E-state index is 11.0. The molecule has 1 aromatic heterocycles. The van der Waals surface area contributed by atoms with Crippen molar-refractivity contribution in [1.82, 2.24) is 15.5 Å². The van der Waals surface area contributed by atoms with Gasteiger partial charge >= 0.3 is 0 Å². The van der Waals surface area contributed by atoms with Crippen molar-refractivity contribution >= 4 is 11.7 Å². The van der Waals surface area contributed by atoms with Gasteiger partial charge in [-0.05, 0) is 6.92 Å². The van der Waals surface area contributed by atoms with E-state index < -0.39 is 0 Å². The highest BCUT2D eigenvalue weighted by molar-refractivity contribution is 5.96. The van der Waals surface area contributed by atoms with Gasteiger partial charge in [-0.15, -0.1) is 0 Å². The number of amides is 1. The molecule has 0 aromatic carbocycles. The van der Waals surface area contributed by atoms with Gasteiger partial charge in [0.2, 0.25) is 11.8 Å². The molecule has 6 heteroatoms. The average Bonchev–Trinajstić information content (AvgIpc) is 2.55. The van der Waals surface area contributed by atoms with E-state index in [-0.39, 0.29) is 18.1 Å². The summed E-state index contributed by atoms with van der Waals surface area (Å²) in [5, 5.41) is 5.98. The van der Waals surface area contributed by atoms with Gasteiger partial charge in [0.15, 0.2) is 6.33 Å². The van der Waals surface area contributed by atoms with E-state index in [4.69, 9.17) is 4.52 Å². The number of rotatable bonds is 5. The van der Waals surface area contributed by atoms with E-state index in [0.717, 1.165) is 0 Å². The van der Waals surface area contributed by atoms with E-state index in [2.05, 4.69) is 15.5 Å². The Morgan fingerprint density at radius 2 is 2.36 bits per heavy atom. The van der Waals surface area contributed by atoms with Crippen molar-refractivity contribution in [3.63, 3.8) is 0 Å². The molecule has 1 N–H and O–H groups in total. The number of Topliss-reactive ketones (excluding diaryl/α,β-unsaturated/α-hetero) is 1. The van der Waals surface area contributed by atoms with Crippen LogP contribution in [0.1, 0.15) is 19.2 Å². The molecular formula is C8H11N3O3. The molecule has 0 radical (unpaired) electrons. The van der Waals surface area contributed by atoms with Crippen molar-refractivity contribution in [3.8, 4) is 0 Å². The Morgan fingerprint density at radius 3 is 2.93 bits per heavy atom. The number of carbonyl (C=O) groups is 2. The van der Waals surface area contributed by atoms with Gasteiger partial charge in [0.1, 0.15) is 5.78 Å². The van der Waals surface area contributed by atoms with Crippen molar-refractivity contribution in [2.45, 2.75) is 19.8 Å². The number of hydrogen-bond acceptors (Lipinski definition) is 5. The number of hydrogen-bond donors (Lipinski definition) is 1. The molecule has 1 rings (SSSR count). The molecule has 0 saturated heterocycles. The van der Waals surface area contributed by atoms with Gasteiger partial charge < -0.3 is 9.84 Å². The molecule has 0 aliphatic rings. The number of aromatic nitrogens is 2. The van der Waals surface area contributed by atoms with E-state index in [0.29, 0.717) is 18.9 Å². The van der Waals surface area contributed by atoms with Gasteiger partial charge in [-0.2, -0.15) is 4.98 Å². The third kappa shape index (κ3) is 3.79. The lowest BCUT2D eigenvalue weighted by Gasteiger charge is -2.00. The Bertz CT molecular complexity index is 308. The van der Waals surface area contributed by atoms with Crippen LogP contribution in [0.5, 0.6) is 0 Å². The molecule has 0 unspecified atom stereocenters. The standard InChI is InChI=1S/C8H11N3O3/c1-6(12)4-7(13)9-3-2-8-10-5-11-14-8/h5H,2-4H2,1H3,(H,9,13). The van der Waals surface area contributed by atoms with E-state index in [1.54, 1.807) is 0 Å². The SMILES string of the molecule is CC(=O)CC(=O)NCCc1ncno1. The molecule has 0 aliphatic carbocycles. The van der Waals surface area contributed by atoms with Crippen LogP contribution in [0, 0.1) is 0 Å². The zero-order chi connectivity index (χ0) is 10.4. The lowest BCUT2D eigenvalue weighted by molar-refractivity contribution is -0.127. The van der Waals surface area contributed by atoms with Gasteiger partial charge in [0.05, 0.1) is 6.42 Å². The highest BCUT2D eigenvalue weighted by Gasteiger charge is 2.05. The largest absolute Gasteiger partial charge is 0.355 e.